The molecule has 0 aromatic heterocycles. The van der Waals surface area contributed by atoms with Gasteiger partial charge in [0.05, 0.1) is 19.8 Å². The first-order chi connectivity index (χ1) is 12.2. The summed E-state index contributed by atoms with van der Waals surface area (Å²) in [4.78, 5) is 4.51. The number of benzene rings is 1. The molecule has 0 amide bonds. The summed E-state index contributed by atoms with van der Waals surface area (Å²) in [5.74, 6) is 1.12. The minimum atomic E-state index is -0.185. The van der Waals surface area contributed by atoms with Crippen molar-refractivity contribution in [3.8, 4) is 0 Å². The topological polar surface area (TPSA) is 54.9 Å². The lowest BCUT2D eigenvalue weighted by atomic mass is 10.1. The predicted octanol–water partition coefficient (Wildman–Crippen LogP) is 2.63. The Morgan fingerprint density at radius 2 is 2.28 bits per heavy atom. The molecule has 1 heterocycles. The summed E-state index contributed by atoms with van der Waals surface area (Å²) in [6.07, 6.45) is 2.02. The maximum Gasteiger partial charge on any atom is 0.191 e. The molecule has 25 heavy (non-hydrogen) atoms. The van der Waals surface area contributed by atoms with E-state index in [-0.39, 0.29) is 5.82 Å². The Labute approximate surface area is 150 Å². The molecule has 0 bridgehead atoms. The second-order valence-corrected chi connectivity index (χ2v) is 6.36. The fourth-order valence-electron chi connectivity index (χ4n) is 2.59. The largest absolute Gasteiger partial charge is 0.381 e. The molecule has 0 aliphatic carbocycles. The number of hydrogen-bond donors (Lipinski definition) is 2. The normalized spacial score (nSPS) is 17.7. The van der Waals surface area contributed by atoms with E-state index in [2.05, 4.69) is 15.6 Å². The molecular weight excluding hydrogens is 321 g/mol. The quantitative estimate of drug-likeness (QED) is 0.408. The maximum absolute atomic E-state index is 13.6. The van der Waals surface area contributed by atoms with Crippen LogP contribution in [0.4, 0.5) is 4.39 Å². The molecule has 1 aromatic carbocycles. The van der Waals surface area contributed by atoms with Gasteiger partial charge in [-0.25, -0.2) is 9.38 Å². The van der Waals surface area contributed by atoms with Crippen molar-refractivity contribution in [3.63, 3.8) is 0 Å². The molecule has 1 aromatic rings. The fraction of sp³-hybridized carbons (Fsp3) is 0.632. The molecule has 6 heteroatoms. The molecule has 2 rings (SSSR count). The van der Waals surface area contributed by atoms with Crippen LogP contribution in [0.1, 0.15) is 30.9 Å². The summed E-state index contributed by atoms with van der Waals surface area (Å²) >= 11 is 0. The van der Waals surface area contributed by atoms with Gasteiger partial charge in [0.25, 0.3) is 0 Å². The Morgan fingerprint density at radius 1 is 1.40 bits per heavy atom. The van der Waals surface area contributed by atoms with Gasteiger partial charge in [-0.1, -0.05) is 12.1 Å². The van der Waals surface area contributed by atoms with E-state index in [1.54, 1.807) is 19.1 Å². The minimum absolute atomic E-state index is 0.185. The van der Waals surface area contributed by atoms with Crippen LogP contribution in [-0.4, -0.2) is 45.5 Å². The second-order valence-electron chi connectivity index (χ2n) is 6.36. The second kappa shape index (κ2) is 11.1. The van der Waals surface area contributed by atoms with Crippen LogP contribution in [0.2, 0.25) is 0 Å². The molecule has 0 radical (unpaired) electrons. The van der Waals surface area contributed by atoms with E-state index in [1.807, 2.05) is 13.0 Å². The Hall–Kier alpha value is -1.66. The number of nitrogens with zero attached hydrogens (tertiary/aromatic N) is 1. The molecule has 1 unspecified atom stereocenters. The Morgan fingerprint density at radius 3 is 3.00 bits per heavy atom. The number of guanidine groups is 1. The third-order valence-corrected chi connectivity index (χ3v) is 4.14. The SMILES string of the molecule is CCNC(=NCc1ccc(C)c(F)c1)NCCCOCC1CCOC1. The van der Waals surface area contributed by atoms with Gasteiger partial charge < -0.3 is 20.1 Å². The van der Waals surface area contributed by atoms with Gasteiger partial charge in [0.2, 0.25) is 0 Å². The van der Waals surface area contributed by atoms with Gasteiger partial charge in [0.15, 0.2) is 5.96 Å². The number of ether oxygens (including phenoxy) is 2. The first kappa shape index (κ1) is 19.7. The van der Waals surface area contributed by atoms with E-state index in [4.69, 9.17) is 9.47 Å². The van der Waals surface area contributed by atoms with Crippen molar-refractivity contribution >= 4 is 5.96 Å². The lowest BCUT2D eigenvalue weighted by Gasteiger charge is -2.12. The van der Waals surface area contributed by atoms with E-state index in [0.717, 1.165) is 63.9 Å². The standard InChI is InChI=1S/C19H30FN3O2/c1-3-21-19(23-12-16-6-5-15(2)18(20)11-16)22-8-4-9-24-13-17-7-10-25-14-17/h5-6,11,17H,3-4,7-10,12-14H2,1-2H3,(H2,21,22,23). The monoisotopic (exact) mass is 351 g/mol. The minimum Gasteiger partial charge on any atom is -0.381 e. The first-order valence-electron chi connectivity index (χ1n) is 9.11. The number of rotatable bonds is 9. The van der Waals surface area contributed by atoms with E-state index in [0.29, 0.717) is 18.0 Å². The molecule has 0 saturated carbocycles. The number of aliphatic imine (C=N–C) groups is 1. The van der Waals surface area contributed by atoms with Crippen molar-refractivity contribution in [1.29, 1.82) is 0 Å². The smallest absolute Gasteiger partial charge is 0.191 e. The zero-order valence-corrected chi connectivity index (χ0v) is 15.3. The number of aryl methyl sites for hydroxylation is 1. The summed E-state index contributed by atoms with van der Waals surface area (Å²) in [7, 11) is 0. The zero-order chi connectivity index (χ0) is 17.9. The van der Waals surface area contributed by atoms with Crippen molar-refractivity contribution in [3.05, 3.63) is 35.1 Å². The van der Waals surface area contributed by atoms with Crippen molar-refractivity contribution in [2.75, 3.05) is 39.5 Å². The number of nitrogens with one attached hydrogen (secondary N) is 2. The van der Waals surface area contributed by atoms with Crippen LogP contribution in [0.5, 0.6) is 0 Å². The lowest BCUT2D eigenvalue weighted by molar-refractivity contribution is 0.0888. The highest BCUT2D eigenvalue weighted by Crippen LogP contribution is 2.12. The molecule has 0 spiro atoms. The number of hydrogen-bond acceptors (Lipinski definition) is 3. The zero-order valence-electron chi connectivity index (χ0n) is 15.3. The highest BCUT2D eigenvalue weighted by molar-refractivity contribution is 5.79. The molecule has 2 N–H and O–H groups in total. The van der Waals surface area contributed by atoms with Crippen LogP contribution >= 0.6 is 0 Å². The summed E-state index contributed by atoms with van der Waals surface area (Å²) in [6.45, 7) is 9.01. The third-order valence-electron chi connectivity index (χ3n) is 4.14. The molecule has 1 aliphatic heterocycles. The third kappa shape index (κ3) is 7.40. The van der Waals surface area contributed by atoms with Crippen molar-refractivity contribution in [2.24, 2.45) is 10.9 Å². The molecule has 1 fully saturated rings. The van der Waals surface area contributed by atoms with Crippen molar-refractivity contribution < 1.29 is 13.9 Å². The van der Waals surface area contributed by atoms with E-state index >= 15 is 0 Å². The van der Waals surface area contributed by atoms with E-state index < -0.39 is 0 Å². The lowest BCUT2D eigenvalue weighted by Crippen LogP contribution is -2.38. The van der Waals surface area contributed by atoms with E-state index in [1.165, 1.54) is 0 Å². The Balaban J connectivity index is 1.67. The van der Waals surface area contributed by atoms with E-state index in [9.17, 15) is 4.39 Å². The molecule has 1 aliphatic rings. The van der Waals surface area contributed by atoms with Crippen molar-refractivity contribution in [1.82, 2.24) is 10.6 Å². The molecule has 5 nitrogen and oxygen atoms in total. The highest BCUT2D eigenvalue weighted by Gasteiger charge is 2.15. The van der Waals surface area contributed by atoms with Crippen LogP contribution in [0.15, 0.2) is 23.2 Å². The Bertz CT molecular complexity index is 545. The summed E-state index contributed by atoms with van der Waals surface area (Å²) < 4.78 is 24.6. The van der Waals surface area contributed by atoms with Gasteiger partial charge in [0, 0.05) is 32.2 Å². The van der Waals surface area contributed by atoms with Crippen LogP contribution in [0, 0.1) is 18.7 Å². The fourth-order valence-corrected chi connectivity index (χ4v) is 2.59. The number of halogens is 1. The van der Waals surface area contributed by atoms with Gasteiger partial charge in [0.1, 0.15) is 5.82 Å². The summed E-state index contributed by atoms with van der Waals surface area (Å²) in [5.41, 5.74) is 1.52. The summed E-state index contributed by atoms with van der Waals surface area (Å²) in [6, 6.07) is 5.24. The van der Waals surface area contributed by atoms with Gasteiger partial charge >= 0.3 is 0 Å². The maximum atomic E-state index is 13.6. The average molecular weight is 351 g/mol. The molecule has 1 saturated heterocycles. The van der Waals surface area contributed by atoms with Gasteiger partial charge in [-0.05, 0) is 43.9 Å². The highest BCUT2D eigenvalue weighted by atomic mass is 19.1. The van der Waals surface area contributed by atoms with Crippen LogP contribution in [-0.2, 0) is 16.0 Å². The molecule has 140 valence electrons. The van der Waals surface area contributed by atoms with Crippen molar-refractivity contribution in [2.45, 2.75) is 33.2 Å². The molecule has 1 atom stereocenters. The predicted molar refractivity (Wildman–Crippen MR) is 98.3 cm³/mol. The van der Waals surface area contributed by atoms with Gasteiger partial charge in [-0.3, -0.25) is 0 Å². The molecular formula is C19H30FN3O2. The average Bonchev–Trinajstić information content (AvgIpc) is 3.12. The van der Waals surface area contributed by atoms with Crippen LogP contribution in [0.25, 0.3) is 0 Å². The van der Waals surface area contributed by atoms with Gasteiger partial charge in [-0.2, -0.15) is 0 Å². The van der Waals surface area contributed by atoms with Crippen LogP contribution in [0.3, 0.4) is 0 Å². The Kier molecular flexibility index (Phi) is 8.69. The summed E-state index contributed by atoms with van der Waals surface area (Å²) in [5, 5.41) is 6.49. The van der Waals surface area contributed by atoms with Crippen LogP contribution < -0.4 is 10.6 Å². The van der Waals surface area contributed by atoms with Gasteiger partial charge in [-0.15, -0.1) is 0 Å². The first-order valence-corrected chi connectivity index (χ1v) is 9.11.